The maximum Gasteiger partial charge on any atom is 0.292 e. The molecule has 0 amide bonds. The van der Waals surface area contributed by atoms with Gasteiger partial charge in [0.05, 0.1) is 4.92 Å². The van der Waals surface area contributed by atoms with Gasteiger partial charge in [-0.3, -0.25) is 14.9 Å². The molecule has 2 rings (SSSR count). The lowest BCUT2D eigenvalue weighted by atomic mass is 10.1. The Morgan fingerprint density at radius 1 is 1.24 bits per heavy atom. The van der Waals surface area contributed by atoms with Crippen molar-refractivity contribution in [2.75, 3.05) is 5.73 Å². The van der Waals surface area contributed by atoms with E-state index in [1.165, 1.54) is 18.2 Å². The largest absolute Gasteiger partial charge is 0.393 e. The molecule has 86 valence electrons. The summed E-state index contributed by atoms with van der Waals surface area (Å²) in [6, 6.07) is 9.01. The monoisotopic (exact) mass is 231 g/mol. The number of H-pyrrole nitrogens is 1. The zero-order valence-corrected chi connectivity index (χ0v) is 8.71. The molecule has 6 nitrogen and oxygen atoms in total. The van der Waals surface area contributed by atoms with Crippen LogP contribution in [0.15, 0.2) is 41.2 Å². The summed E-state index contributed by atoms with van der Waals surface area (Å²) in [5.41, 5.74) is 6.20. The number of anilines is 1. The van der Waals surface area contributed by atoms with Crippen LogP contribution in [0, 0.1) is 10.1 Å². The van der Waals surface area contributed by atoms with Crippen molar-refractivity contribution >= 4 is 11.4 Å². The van der Waals surface area contributed by atoms with Crippen LogP contribution in [0.5, 0.6) is 0 Å². The number of nitrogens with two attached hydrogens (primary N) is 1. The minimum absolute atomic E-state index is 0.0945. The number of hydrogen-bond acceptors (Lipinski definition) is 4. The molecule has 0 aliphatic rings. The molecule has 0 saturated carbocycles. The third-order valence-corrected chi connectivity index (χ3v) is 2.31. The van der Waals surface area contributed by atoms with Crippen LogP contribution in [-0.4, -0.2) is 9.91 Å². The van der Waals surface area contributed by atoms with Gasteiger partial charge in [-0.05, 0) is 12.1 Å². The summed E-state index contributed by atoms with van der Waals surface area (Å²) in [6.07, 6.45) is 0. The second-order valence-electron chi connectivity index (χ2n) is 3.46. The summed E-state index contributed by atoms with van der Waals surface area (Å²) in [4.78, 5) is 23.9. The molecule has 1 aromatic carbocycles. The fraction of sp³-hybridized carbons (Fsp3) is 0. The lowest BCUT2D eigenvalue weighted by molar-refractivity contribution is -0.383. The molecule has 0 aliphatic heterocycles. The van der Waals surface area contributed by atoms with Gasteiger partial charge in [0.15, 0.2) is 0 Å². The minimum Gasteiger partial charge on any atom is -0.393 e. The molecule has 1 heterocycles. The quantitative estimate of drug-likeness (QED) is 0.464. The number of hydrogen-bond donors (Lipinski definition) is 2. The Morgan fingerprint density at radius 3 is 2.65 bits per heavy atom. The summed E-state index contributed by atoms with van der Waals surface area (Å²) < 4.78 is 0. The highest BCUT2D eigenvalue weighted by Crippen LogP contribution is 2.27. The molecule has 0 aliphatic carbocycles. The van der Waals surface area contributed by atoms with Gasteiger partial charge in [0.2, 0.25) is 5.56 Å². The molecule has 3 N–H and O–H groups in total. The van der Waals surface area contributed by atoms with E-state index in [9.17, 15) is 14.9 Å². The molecule has 0 spiro atoms. The summed E-state index contributed by atoms with van der Waals surface area (Å²) in [7, 11) is 0. The number of nitrogen functional groups attached to an aromatic ring is 1. The summed E-state index contributed by atoms with van der Waals surface area (Å²) >= 11 is 0. The molecule has 1 aromatic heterocycles. The van der Waals surface area contributed by atoms with Crippen molar-refractivity contribution in [1.82, 2.24) is 4.98 Å². The van der Waals surface area contributed by atoms with Crippen LogP contribution in [-0.2, 0) is 0 Å². The molecule has 0 radical (unpaired) electrons. The van der Waals surface area contributed by atoms with Crippen molar-refractivity contribution in [3.8, 4) is 11.3 Å². The first-order chi connectivity index (χ1) is 8.08. The molecule has 0 bridgehead atoms. The van der Waals surface area contributed by atoms with Gasteiger partial charge in [0, 0.05) is 23.4 Å². The fourth-order valence-electron chi connectivity index (χ4n) is 1.49. The summed E-state index contributed by atoms with van der Waals surface area (Å²) in [5.74, 6) is 0. The van der Waals surface area contributed by atoms with Crippen LogP contribution in [0.25, 0.3) is 11.3 Å². The van der Waals surface area contributed by atoms with Crippen molar-refractivity contribution in [2.24, 2.45) is 0 Å². The van der Waals surface area contributed by atoms with Crippen LogP contribution in [0.2, 0.25) is 0 Å². The Labute approximate surface area is 95.9 Å². The first kappa shape index (κ1) is 10.9. The average Bonchev–Trinajstić information content (AvgIpc) is 2.29. The Balaban J connectivity index is 2.57. The lowest BCUT2D eigenvalue weighted by Crippen LogP contribution is -2.04. The van der Waals surface area contributed by atoms with Crippen molar-refractivity contribution in [3.63, 3.8) is 0 Å². The van der Waals surface area contributed by atoms with E-state index < -0.39 is 4.92 Å². The number of aromatic amines is 1. The number of nitro groups is 1. The van der Waals surface area contributed by atoms with Gasteiger partial charge in [0.1, 0.15) is 5.69 Å². The highest BCUT2D eigenvalue weighted by molar-refractivity contribution is 5.69. The van der Waals surface area contributed by atoms with Gasteiger partial charge < -0.3 is 10.7 Å². The second-order valence-corrected chi connectivity index (χ2v) is 3.46. The smallest absolute Gasteiger partial charge is 0.292 e. The van der Waals surface area contributed by atoms with Gasteiger partial charge in [-0.15, -0.1) is 0 Å². The van der Waals surface area contributed by atoms with Gasteiger partial charge in [-0.25, -0.2) is 0 Å². The second kappa shape index (κ2) is 4.09. The highest BCUT2D eigenvalue weighted by Gasteiger charge is 2.12. The van der Waals surface area contributed by atoms with Gasteiger partial charge in [-0.2, -0.15) is 0 Å². The molecule has 0 fully saturated rings. The Hall–Kier alpha value is -2.63. The number of aromatic nitrogens is 1. The predicted molar refractivity (Wildman–Crippen MR) is 63.6 cm³/mol. The fourth-order valence-corrected chi connectivity index (χ4v) is 1.49. The standard InChI is InChI=1S/C11H9N3O3/c12-8-5-4-7(6-10(8)14(16)17)9-2-1-3-11(15)13-9/h1-6H,12H2,(H,13,15). The van der Waals surface area contributed by atoms with E-state index in [0.717, 1.165) is 0 Å². The summed E-state index contributed by atoms with van der Waals surface area (Å²) in [6.45, 7) is 0. The van der Waals surface area contributed by atoms with Crippen LogP contribution in [0.4, 0.5) is 11.4 Å². The Bertz CT molecular complexity index is 634. The SMILES string of the molecule is Nc1ccc(-c2cccc(=O)[nH]2)cc1[N+](=O)[O-]. The zero-order valence-electron chi connectivity index (χ0n) is 8.71. The Morgan fingerprint density at radius 2 is 2.00 bits per heavy atom. The maximum absolute atomic E-state index is 11.1. The number of nitro benzene ring substituents is 1. The van der Waals surface area contributed by atoms with Crippen LogP contribution in [0.1, 0.15) is 0 Å². The van der Waals surface area contributed by atoms with Gasteiger partial charge in [0.25, 0.3) is 5.69 Å². The maximum atomic E-state index is 11.1. The molecule has 6 heteroatoms. The normalized spacial score (nSPS) is 10.1. The molecular weight excluding hydrogens is 222 g/mol. The first-order valence-corrected chi connectivity index (χ1v) is 4.81. The van der Waals surface area contributed by atoms with E-state index in [1.807, 2.05) is 0 Å². The number of nitrogens with zero attached hydrogens (tertiary/aromatic N) is 1. The highest BCUT2D eigenvalue weighted by atomic mass is 16.6. The average molecular weight is 231 g/mol. The Kier molecular flexibility index (Phi) is 2.61. The van der Waals surface area contributed by atoms with Crippen molar-refractivity contribution in [3.05, 3.63) is 56.9 Å². The van der Waals surface area contributed by atoms with E-state index in [0.29, 0.717) is 11.3 Å². The zero-order chi connectivity index (χ0) is 12.4. The molecular formula is C11H9N3O3. The van der Waals surface area contributed by atoms with Gasteiger partial charge in [-0.1, -0.05) is 12.1 Å². The molecule has 17 heavy (non-hydrogen) atoms. The lowest BCUT2D eigenvalue weighted by Gasteiger charge is -2.02. The van der Waals surface area contributed by atoms with E-state index in [4.69, 9.17) is 5.73 Å². The van der Waals surface area contributed by atoms with Crippen molar-refractivity contribution < 1.29 is 4.92 Å². The third-order valence-electron chi connectivity index (χ3n) is 2.31. The van der Waals surface area contributed by atoms with Gasteiger partial charge >= 0.3 is 0 Å². The van der Waals surface area contributed by atoms with E-state index in [2.05, 4.69) is 4.98 Å². The summed E-state index contributed by atoms with van der Waals surface area (Å²) in [5, 5.41) is 10.7. The number of benzene rings is 1. The third kappa shape index (κ3) is 2.15. The van der Waals surface area contributed by atoms with Crippen molar-refractivity contribution in [2.45, 2.75) is 0 Å². The molecule has 0 unspecified atom stereocenters. The number of pyridine rings is 1. The topological polar surface area (TPSA) is 102 Å². The first-order valence-electron chi connectivity index (χ1n) is 4.81. The van der Waals surface area contributed by atoms with Crippen LogP contribution >= 0.6 is 0 Å². The van der Waals surface area contributed by atoms with E-state index >= 15 is 0 Å². The van der Waals surface area contributed by atoms with Crippen molar-refractivity contribution in [1.29, 1.82) is 0 Å². The number of nitrogens with one attached hydrogen (secondary N) is 1. The van der Waals surface area contributed by atoms with Crippen LogP contribution in [0.3, 0.4) is 0 Å². The minimum atomic E-state index is -0.556. The van der Waals surface area contributed by atoms with E-state index in [-0.39, 0.29) is 16.9 Å². The van der Waals surface area contributed by atoms with Crippen LogP contribution < -0.4 is 11.3 Å². The predicted octanol–water partition coefficient (Wildman–Crippen LogP) is 1.53. The molecule has 0 atom stereocenters. The van der Waals surface area contributed by atoms with E-state index in [1.54, 1.807) is 18.2 Å². The molecule has 0 saturated heterocycles. The molecule has 2 aromatic rings. The number of rotatable bonds is 2.